The van der Waals surface area contributed by atoms with E-state index in [9.17, 15) is 26.8 Å². The lowest BCUT2D eigenvalue weighted by molar-refractivity contribution is -0.127. The molecule has 0 aromatic heterocycles. The predicted molar refractivity (Wildman–Crippen MR) is 117 cm³/mol. The molecular weight excluding hydrogens is 456 g/mol. The lowest BCUT2D eigenvalue weighted by atomic mass is 9.96. The second-order valence-corrected chi connectivity index (χ2v) is 11.5. The van der Waals surface area contributed by atoms with E-state index in [2.05, 4.69) is 5.32 Å². The molecule has 2 saturated heterocycles. The number of benzene rings is 1. The topological polar surface area (TPSA) is 96.0 Å². The van der Waals surface area contributed by atoms with E-state index in [0.717, 1.165) is 16.4 Å². The van der Waals surface area contributed by atoms with Crippen molar-refractivity contribution in [2.24, 2.45) is 5.92 Å². The average Bonchev–Trinajstić information content (AvgIpc) is 2.72. The number of rotatable bonds is 4. The first-order valence-corrected chi connectivity index (χ1v) is 12.5. The highest BCUT2D eigenvalue weighted by Crippen LogP contribution is 2.25. The Kier molecular flexibility index (Phi) is 7.62. The minimum absolute atomic E-state index is 0.00656. The SMILES string of the molecule is CC(C)(C)OC(=O)N1CCC[C@@H](C(=O)N[C@H]2CCCN(S(=O)(=O)c3ccc(F)cc3F)C2)C1. The van der Waals surface area contributed by atoms with Gasteiger partial charge < -0.3 is 15.0 Å². The van der Waals surface area contributed by atoms with Crippen molar-refractivity contribution in [3.05, 3.63) is 29.8 Å². The summed E-state index contributed by atoms with van der Waals surface area (Å²) in [5.74, 6) is -2.68. The van der Waals surface area contributed by atoms with Crippen LogP contribution >= 0.6 is 0 Å². The van der Waals surface area contributed by atoms with E-state index in [1.54, 1.807) is 20.8 Å². The maximum atomic E-state index is 14.1. The average molecular weight is 488 g/mol. The van der Waals surface area contributed by atoms with E-state index < -0.39 is 50.2 Å². The number of sulfonamides is 1. The minimum atomic E-state index is -4.17. The van der Waals surface area contributed by atoms with Crippen molar-refractivity contribution < 1.29 is 31.5 Å². The van der Waals surface area contributed by atoms with Crippen molar-refractivity contribution in [2.75, 3.05) is 26.2 Å². The number of amides is 2. The van der Waals surface area contributed by atoms with Crippen LogP contribution in [0.25, 0.3) is 0 Å². The summed E-state index contributed by atoms with van der Waals surface area (Å²) in [6.07, 6.45) is 1.87. The molecule has 2 heterocycles. The number of nitrogens with zero attached hydrogens (tertiary/aromatic N) is 2. The molecule has 2 amide bonds. The maximum absolute atomic E-state index is 14.1. The third-order valence-corrected chi connectivity index (χ3v) is 7.58. The van der Waals surface area contributed by atoms with Crippen LogP contribution in [-0.4, -0.2) is 67.4 Å². The zero-order valence-electron chi connectivity index (χ0n) is 19.1. The second kappa shape index (κ2) is 9.92. The van der Waals surface area contributed by atoms with Crippen molar-refractivity contribution >= 4 is 22.0 Å². The summed E-state index contributed by atoms with van der Waals surface area (Å²) in [5.41, 5.74) is -0.632. The molecule has 33 heavy (non-hydrogen) atoms. The first-order chi connectivity index (χ1) is 15.4. The summed E-state index contributed by atoms with van der Waals surface area (Å²) in [6.45, 7) is 6.25. The fraction of sp³-hybridized carbons (Fsp3) is 0.636. The van der Waals surface area contributed by atoms with Crippen molar-refractivity contribution in [1.82, 2.24) is 14.5 Å². The zero-order valence-corrected chi connectivity index (χ0v) is 20.0. The number of ether oxygens (including phenoxy) is 1. The molecule has 1 aromatic carbocycles. The maximum Gasteiger partial charge on any atom is 0.410 e. The third kappa shape index (κ3) is 6.41. The Morgan fingerprint density at radius 1 is 1.09 bits per heavy atom. The van der Waals surface area contributed by atoms with Gasteiger partial charge in [0, 0.05) is 38.3 Å². The standard InChI is InChI=1S/C22H31F2N3O5S/c1-22(2,3)32-21(29)26-10-4-6-15(13-26)20(28)25-17-7-5-11-27(14-17)33(30,31)19-9-8-16(23)12-18(19)24/h8-9,12,15,17H,4-7,10-11,13-14H2,1-3H3,(H,25,28)/t15-,17+/m1/s1. The van der Waals surface area contributed by atoms with Gasteiger partial charge in [-0.05, 0) is 58.6 Å². The number of halogens is 2. The van der Waals surface area contributed by atoms with Crippen molar-refractivity contribution in [3.63, 3.8) is 0 Å². The predicted octanol–water partition coefficient (Wildman–Crippen LogP) is 2.88. The van der Waals surface area contributed by atoms with Gasteiger partial charge in [0.1, 0.15) is 22.1 Å². The molecule has 1 aromatic rings. The van der Waals surface area contributed by atoms with Crippen LogP contribution in [0.4, 0.5) is 13.6 Å². The van der Waals surface area contributed by atoms with Crippen LogP contribution in [0.5, 0.6) is 0 Å². The Bertz CT molecular complexity index is 996. The molecule has 0 spiro atoms. The van der Waals surface area contributed by atoms with Crippen LogP contribution in [0.1, 0.15) is 46.5 Å². The number of nitrogens with one attached hydrogen (secondary N) is 1. The van der Waals surface area contributed by atoms with E-state index >= 15 is 0 Å². The monoisotopic (exact) mass is 487 g/mol. The van der Waals surface area contributed by atoms with E-state index in [4.69, 9.17) is 4.74 Å². The fourth-order valence-electron chi connectivity index (χ4n) is 4.10. The Labute approximate surface area is 193 Å². The summed E-state index contributed by atoms with van der Waals surface area (Å²) in [5, 5.41) is 2.90. The van der Waals surface area contributed by atoms with Crippen molar-refractivity contribution in [2.45, 2.75) is 63.0 Å². The number of likely N-dealkylation sites (tertiary alicyclic amines) is 1. The van der Waals surface area contributed by atoms with Crippen molar-refractivity contribution in [1.29, 1.82) is 0 Å². The van der Waals surface area contributed by atoms with Gasteiger partial charge in [-0.25, -0.2) is 22.0 Å². The van der Waals surface area contributed by atoms with Crippen LogP contribution in [0, 0.1) is 17.6 Å². The van der Waals surface area contributed by atoms with Gasteiger partial charge in [-0.1, -0.05) is 0 Å². The van der Waals surface area contributed by atoms with Crippen LogP contribution in [-0.2, 0) is 19.6 Å². The largest absolute Gasteiger partial charge is 0.444 e. The Morgan fingerprint density at radius 3 is 2.45 bits per heavy atom. The highest BCUT2D eigenvalue weighted by Gasteiger charge is 2.35. The molecule has 2 aliphatic rings. The molecular formula is C22H31F2N3O5S. The Morgan fingerprint density at radius 2 is 1.79 bits per heavy atom. The summed E-state index contributed by atoms with van der Waals surface area (Å²) in [7, 11) is -4.17. The summed E-state index contributed by atoms with van der Waals surface area (Å²) in [4.78, 5) is 26.2. The van der Waals surface area contributed by atoms with Gasteiger partial charge in [0.15, 0.2) is 0 Å². The fourth-order valence-corrected chi connectivity index (χ4v) is 5.67. The molecule has 3 rings (SSSR count). The van der Waals surface area contributed by atoms with E-state index in [1.807, 2.05) is 0 Å². The molecule has 0 aliphatic carbocycles. The smallest absolute Gasteiger partial charge is 0.410 e. The van der Waals surface area contributed by atoms with Gasteiger partial charge in [-0.2, -0.15) is 4.31 Å². The highest BCUT2D eigenvalue weighted by atomic mass is 32.2. The van der Waals surface area contributed by atoms with Gasteiger partial charge in [0.05, 0.1) is 5.92 Å². The molecule has 2 fully saturated rings. The number of piperidine rings is 2. The van der Waals surface area contributed by atoms with Gasteiger partial charge in [0.2, 0.25) is 15.9 Å². The molecule has 184 valence electrons. The summed E-state index contributed by atoms with van der Waals surface area (Å²) < 4.78 is 59.6. The molecule has 2 aliphatic heterocycles. The van der Waals surface area contributed by atoms with Gasteiger partial charge in [-0.15, -0.1) is 0 Å². The first kappa shape index (κ1) is 25.4. The van der Waals surface area contributed by atoms with Gasteiger partial charge in [0.25, 0.3) is 0 Å². The quantitative estimate of drug-likeness (QED) is 0.705. The van der Waals surface area contributed by atoms with E-state index in [0.29, 0.717) is 38.3 Å². The highest BCUT2D eigenvalue weighted by molar-refractivity contribution is 7.89. The molecule has 0 unspecified atom stereocenters. The van der Waals surface area contributed by atoms with Gasteiger partial charge in [-0.3, -0.25) is 4.79 Å². The molecule has 8 nitrogen and oxygen atoms in total. The number of carbonyl (C=O) groups is 2. The zero-order chi connectivity index (χ0) is 24.4. The lowest BCUT2D eigenvalue weighted by Gasteiger charge is -2.36. The van der Waals surface area contributed by atoms with Crippen LogP contribution in [0.3, 0.4) is 0 Å². The Balaban J connectivity index is 1.61. The number of hydrogen-bond donors (Lipinski definition) is 1. The van der Waals surface area contributed by atoms with Gasteiger partial charge >= 0.3 is 6.09 Å². The van der Waals surface area contributed by atoms with E-state index in [1.165, 1.54) is 4.90 Å². The molecule has 0 radical (unpaired) electrons. The first-order valence-electron chi connectivity index (χ1n) is 11.1. The number of carbonyl (C=O) groups excluding carboxylic acids is 2. The third-order valence-electron chi connectivity index (χ3n) is 5.69. The lowest BCUT2D eigenvalue weighted by Crippen LogP contribution is -2.53. The minimum Gasteiger partial charge on any atom is -0.444 e. The summed E-state index contributed by atoms with van der Waals surface area (Å²) >= 11 is 0. The molecule has 0 saturated carbocycles. The van der Waals surface area contributed by atoms with Crippen LogP contribution < -0.4 is 5.32 Å². The van der Waals surface area contributed by atoms with Crippen LogP contribution in [0.2, 0.25) is 0 Å². The number of hydrogen-bond acceptors (Lipinski definition) is 5. The molecule has 11 heteroatoms. The molecule has 0 bridgehead atoms. The molecule has 2 atom stereocenters. The normalized spacial score (nSPS) is 22.6. The molecule has 1 N–H and O–H groups in total. The summed E-state index contributed by atoms with van der Waals surface area (Å²) in [6, 6.07) is 1.91. The van der Waals surface area contributed by atoms with Crippen molar-refractivity contribution in [3.8, 4) is 0 Å². The van der Waals surface area contributed by atoms with E-state index in [-0.39, 0.29) is 25.5 Å². The second-order valence-electron chi connectivity index (χ2n) is 9.55. The Hall–Kier alpha value is -2.27. The van der Waals surface area contributed by atoms with Crippen LogP contribution in [0.15, 0.2) is 23.1 Å².